The number of H-pyrrole nitrogens is 1. The van der Waals surface area contributed by atoms with Crippen molar-refractivity contribution in [2.24, 2.45) is 4.99 Å². The van der Waals surface area contributed by atoms with E-state index in [4.69, 9.17) is 0 Å². The number of aromatic amines is 1. The van der Waals surface area contributed by atoms with Gasteiger partial charge in [-0.2, -0.15) is 0 Å². The molecule has 0 radical (unpaired) electrons. The SMILES string of the molecule is C1=Nc2cccc3cccc(c23)N1.c1ccc2c(c1)[nH]c1cnccc12.c1ccc2c(c1)cnc1ccccc12.c1ccc2nc3ccccc3cc2c1.c1cnc2c(c1)ccc1ncccc12. The second-order valence-electron chi connectivity index (χ2n) is 16.1. The Morgan fingerprint density at radius 1 is 0.353 bits per heavy atom. The van der Waals surface area contributed by atoms with Crippen LogP contribution in [0.3, 0.4) is 0 Å². The first-order valence-electron chi connectivity index (χ1n) is 22.4. The third kappa shape index (κ3) is 8.60. The summed E-state index contributed by atoms with van der Waals surface area (Å²) in [5.74, 6) is 0. The number of rotatable bonds is 0. The van der Waals surface area contributed by atoms with E-state index < -0.39 is 0 Å². The van der Waals surface area contributed by atoms with Crippen molar-refractivity contribution in [1.29, 1.82) is 0 Å². The largest absolute Gasteiger partial charge is 0.353 e. The van der Waals surface area contributed by atoms with Gasteiger partial charge in [-0.3, -0.25) is 19.9 Å². The number of hydrogen-bond acceptors (Lipinski definition) is 7. The van der Waals surface area contributed by atoms with Crippen LogP contribution in [0.2, 0.25) is 0 Å². The van der Waals surface area contributed by atoms with E-state index in [2.05, 4.69) is 143 Å². The molecule has 0 unspecified atom stereocenters. The van der Waals surface area contributed by atoms with E-state index in [9.17, 15) is 0 Å². The summed E-state index contributed by atoms with van der Waals surface area (Å²) in [6.45, 7) is 0. The Kier molecular flexibility index (Phi) is 11.5. The molecule has 0 bridgehead atoms. The molecule has 322 valence electrons. The number of hydrogen-bond donors (Lipinski definition) is 2. The van der Waals surface area contributed by atoms with Gasteiger partial charge in [-0.05, 0) is 83.6 Å². The molecule has 2 N–H and O–H groups in total. The monoisotopic (exact) mass is 874 g/mol. The van der Waals surface area contributed by atoms with Gasteiger partial charge in [-0.1, -0.05) is 133 Å². The van der Waals surface area contributed by atoms with Crippen LogP contribution in [0.15, 0.2) is 242 Å². The molecule has 0 aliphatic carbocycles. The highest BCUT2D eigenvalue weighted by Gasteiger charge is 2.07. The number of nitrogens with one attached hydrogen (secondary N) is 2. The summed E-state index contributed by atoms with van der Waals surface area (Å²) in [5, 5.41) is 16.5. The van der Waals surface area contributed by atoms with E-state index in [1.165, 1.54) is 54.0 Å². The van der Waals surface area contributed by atoms with Crippen molar-refractivity contribution in [2.45, 2.75) is 0 Å². The van der Waals surface area contributed by atoms with Crippen LogP contribution in [-0.2, 0) is 0 Å². The average Bonchev–Trinajstić information content (AvgIpc) is 3.80. The molecular weight excluding hydrogens is 833 g/mol. The van der Waals surface area contributed by atoms with Crippen LogP contribution in [0.5, 0.6) is 0 Å². The Morgan fingerprint density at radius 3 is 1.81 bits per heavy atom. The third-order valence-electron chi connectivity index (χ3n) is 11.9. The first-order valence-corrected chi connectivity index (χ1v) is 22.4. The van der Waals surface area contributed by atoms with Gasteiger partial charge in [0.1, 0.15) is 0 Å². The lowest BCUT2D eigenvalue weighted by Gasteiger charge is -2.12. The zero-order chi connectivity index (χ0) is 45.5. The molecule has 1 aliphatic heterocycles. The number of fused-ring (bicyclic) bond motifs is 11. The van der Waals surface area contributed by atoms with Crippen molar-refractivity contribution in [3.8, 4) is 0 Å². The molecule has 68 heavy (non-hydrogen) atoms. The van der Waals surface area contributed by atoms with Crippen molar-refractivity contribution in [3.05, 3.63) is 237 Å². The maximum absolute atomic E-state index is 4.58. The molecule has 15 rings (SSSR count). The number of nitrogens with zero attached hydrogens (tertiary/aromatic N) is 6. The fourth-order valence-electron chi connectivity index (χ4n) is 8.65. The smallest absolute Gasteiger partial charge is 0.0930 e. The highest BCUT2D eigenvalue weighted by atomic mass is 15.0. The second kappa shape index (κ2) is 19.0. The highest BCUT2D eigenvalue weighted by Crippen LogP contribution is 2.34. The summed E-state index contributed by atoms with van der Waals surface area (Å²) >= 11 is 0. The van der Waals surface area contributed by atoms with Gasteiger partial charge in [0.25, 0.3) is 0 Å². The Balaban J connectivity index is 0.0000000932. The zero-order valence-electron chi connectivity index (χ0n) is 36.8. The van der Waals surface area contributed by atoms with Gasteiger partial charge < -0.3 is 10.3 Å². The summed E-state index contributed by atoms with van der Waals surface area (Å²) in [5.41, 5.74) is 9.67. The Hall–Kier alpha value is -9.40. The fourth-order valence-corrected chi connectivity index (χ4v) is 8.65. The Labute approximate surface area is 391 Å². The third-order valence-corrected chi connectivity index (χ3v) is 11.9. The van der Waals surface area contributed by atoms with Crippen molar-refractivity contribution in [2.75, 3.05) is 5.32 Å². The molecule has 14 aromatic rings. The zero-order valence-corrected chi connectivity index (χ0v) is 36.8. The van der Waals surface area contributed by atoms with Crippen LogP contribution in [0, 0.1) is 0 Å². The van der Waals surface area contributed by atoms with E-state index in [-0.39, 0.29) is 0 Å². The van der Waals surface area contributed by atoms with Crippen LogP contribution in [0.25, 0.3) is 97.9 Å². The van der Waals surface area contributed by atoms with Crippen LogP contribution < -0.4 is 5.32 Å². The highest BCUT2D eigenvalue weighted by molar-refractivity contribution is 6.09. The molecule has 8 nitrogen and oxygen atoms in total. The molecule has 0 fully saturated rings. The van der Waals surface area contributed by atoms with Crippen LogP contribution in [0.4, 0.5) is 11.4 Å². The normalized spacial score (nSPS) is 11.3. The van der Waals surface area contributed by atoms with Crippen LogP contribution in [0.1, 0.15) is 0 Å². The van der Waals surface area contributed by atoms with Gasteiger partial charge in [0.05, 0.1) is 51.3 Å². The lowest BCUT2D eigenvalue weighted by atomic mass is 10.1. The number of para-hydroxylation sites is 4. The summed E-state index contributed by atoms with van der Waals surface area (Å²) in [7, 11) is 0. The van der Waals surface area contributed by atoms with Crippen molar-refractivity contribution in [3.63, 3.8) is 0 Å². The molecule has 1 aliphatic rings. The number of aliphatic imine (C=N–C) groups is 1. The number of pyridine rings is 5. The van der Waals surface area contributed by atoms with Gasteiger partial charge in [-0.25, -0.2) is 9.98 Å². The second-order valence-corrected chi connectivity index (χ2v) is 16.1. The fraction of sp³-hybridized carbons (Fsp3) is 0. The summed E-state index contributed by atoms with van der Waals surface area (Å²) < 4.78 is 0. The molecule has 0 amide bonds. The predicted molar refractivity (Wildman–Crippen MR) is 285 cm³/mol. The first kappa shape index (κ1) is 41.3. The van der Waals surface area contributed by atoms with E-state index >= 15 is 0 Å². The van der Waals surface area contributed by atoms with E-state index in [1.807, 2.05) is 128 Å². The van der Waals surface area contributed by atoms with E-state index in [0.29, 0.717) is 0 Å². The number of aromatic nitrogens is 6. The van der Waals surface area contributed by atoms with Gasteiger partial charge >= 0.3 is 0 Å². The average molecular weight is 875 g/mol. The maximum atomic E-state index is 4.58. The topological polar surface area (TPSA) is 105 Å². The predicted octanol–water partition coefficient (Wildman–Crippen LogP) is 15.2. The summed E-state index contributed by atoms with van der Waals surface area (Å²) in [4.78, 5) is 29.3. The molecular formula is C60H42N8. The van der Waals surface area contributed by atoms with Crippen molar-refractivity contribution < 1.29 is 0 Å². The van der Waals surface area contributed by atoms with E-state index in [0.717, 1.165) is 55.2 Å². The van der Waals surface area contributed by atoms with Gasteiger partial charge in [0, 0.05) is 84.5 Å². The first-order chi connectivity index (χ1) is 33.7. The van der Waals surface area contributed by atoms with E-state index in [1.54, 1.807) is 12.5 Å². The Bertz CT molecular complexity index is 3700. The number of benzene rings is 8. The standard InChI is InChI=1S/2C13H9N.C12H8N2.2C11H8N2/c1-3-7-12-10(5-1)9-11-6-2-4-8-13(11)14-12;1-2-6-11-10(5-1)9-14-13-8-4-3-7-12(11)13;1-3-9-5-6-11-10(4-2-7-13-11)12(9)14-8-1;1-3-8-4-2-6-10-11(8)9(5-1)12-7-13-10;1-2-4-10-8(3-1)9-5-6-12-7-11(9)13-10/h2*1-9H;1-8H;1-7H,(H,12,13);1-7,13H. The minimum Gasteiger partial charge on any atom is -0.353 e. The number of anilines is 1. The molecule has 8 aromatic carbocycles. The lowest BCUT2D eigenvalue weighted by molar-refractivity contribution is 1.35. The summed E-state index contributed by atoms with van der Waals surface area (Å²) in [6, 6.07) is 69.9. The quantitative estimate of drug-likeness (QED) is 0.116. The molecule has 0 saturated heterocycles. The van der Waals surface area contributed by atoms with Gasteiger partial charge in [0.15, 0.2) is 0 Å². The van der Waals surface area contributed by atoms with Crippen molar-refractivity contribution >= 4 is 116 Å². The molecule has 7 heterocycles. The van der Waals surface area contributed by atoms with Crippen LogP contribution >= 0.6 is 0 Å². The Morgan fingerprint density at radius 2 is 0.971 bits per heavy atom. The molecule has 8 heteroatoms. The lowest BCUT2D eigenvalue weighted by Crippen LogP contribution is -1.99. The van der Waals surface area contributed by atoms with Crippen molar-refractivity contribution in [1.82, 2.24) is 29.9 Å². The summed E-state index contributed by atoms with van der Waals surface area (Å²) in [6.07, 6.45) is 11.0. The molecule has 0 atom stereocenters. The molecule has 0 spiro atoms. The van der Waals surface area contributed by atoms with Gasteiger partial charge in [0.2, 0.25) is 0 Å². The molecule has 6 aromatic heterocycles. The minimum absolute atomic E-state index is 0.999. The van der Waals surface area contributed by atoms with Crippen LogP contribution in [-0.4, -0.2) is 36.2 Å². The minimum atomic E-state index is 0.999. The molecule has 0 saturated carbocycles. The maximum Gasteiger partial charge on any atom is 0.0930 e. The van der Waals surface area contributed by atoms with Gasteiger partial charge in [-0.15, -0.1) is 0 Å².